The topological polar surface area (TPSA) is 97.6 Å². The van der Waals surface area contributed by atoms with Crippen LogP contribution in [0.5, 0.6) is 17.2 Å². The summed E-state index contributed by atoms with van der Waals surface area (Å²) >= 11 is 1.18. The number of carbonyl (C=O) groups is 1. The number of esters is 1. The van der Waals surface area contributed by atoms with Gasteiger partial charge in [-0.2, -0.15) is 13.8 Å². The molecule has 0 aliphatic rings. The second-order valence-corrected chi connectivity index (χ2v) is 9.25. The maximum absolute atomic E-state index is 13.5. The predicted molar refractivity (Wildman–Crippen MR) is 149 cm³/mol. The lowest BCUT2D eigenvalue weighted by Crippen LogP contribution is -2.16. The van der Waals surface area contributed by atoms with E-state index in [1.165, 1.54) is 11.7 Å². The van der Waals surface area contributed by atoms with E-state index in [2.05, 4.69) is 8.75 Å². The molecular weight excluding hydrogens is 516 g/mol. The second-order valence-electron chi connectivity index (χ2n) is 8.72. The summed E-state index contributed by atoms with van der Waals surface area (Å²) < 4.78 is 32.5. The third kappa shape index (κ3) is 5.28. The van der Waals surface area contributed by atoms with Crippen LogP contribution in [0, 0.1) is 0 Å². The highest BCUT2D eigenvalue weighted by atomic mass is 32.1. The minimum Gasteiger partial charge on any atom is -0.493 e. The van der Waals surface area contributed by atoms with Crippen LogP contribution < -0.4 is 14.2 Å². The number of ether oxygens (including phenoxy) is 4. The molecule has 0 saturated heterocycles. The first-order valence-corrected chi connectivity index (χ1v) is 13.1. The molecule has 0 radical (unpaired) electrons. The molecule has 39 heavy (non-hydrogen) atoms. The molecule has 10 heteroatoms. The Hall–Kier alpha value is -4.44. The van der Waals surface area contributed by atoms with Gasteiger partial charge in [-0.1, -0.05) is 36.4 Å². The van der Waals surface area contributed by atoms with E-state index in [0.717, 1.165) is 33.3 Å². The van der Waals surface area contributed by atoms with Crippen LogP contribution in [-0.2, 0) is 17.7 Å². The maximum atomic E-state index is 13.5. The van der Waals surface area contributed by atoms with Crippen LogP contribution >= 0.6 is 11.7 Å². The van der Waals surface area contributed by atoms with E-state index >= 15 is 0 Å². The van der Waals surface area contributed by atoms with Crippen molar-refractivity contribution in [3.8, 4) is 28.5 Å². The molecule has 0 aliphatic heterocycles. The predicted octanol–water partition coefficient (Wildman–Crippen LogP) is 5.40. The SMILES string of the molecule is CCOC(=O)c1c(Cc2ccc3nsnc3c2)c(-c2ccccc2)nn1Cc1cc(OC)c(OC)c(OC)c1. The number of aromatic nitrogens is 4. The van der Waals surface area contributed by atoms with E-state index in [1.807, 2.05) is 60.7 Å². The summed E-state index contributed by atoms with van der Waals surface area (Å²) in [5.41, 5.74) is 6.25. The molecule has 200 valence electrons. The van der Waals surface area contributed by atoms with E-state index in [1.54, 1.807) is 32.9 Å². The highest BCUT2D eigenvalue weighted by Crippen LogP contribution is 2.39. The molecule has 0 saturated carbocycles. The third-order valence-corrected chi connectivity index (χ3v) is 6.88. The van der Waals surface area contributed by atoms with Crippen molar-refractivity contribution in [1.82, 2.24) is 18.5 Å². The van der Waals surface area contributed by atoms with Crippen molar-refractivity contribution in [2.75, 3.05) is 27.9 Å². The molecule has 0 aliphatic carbocycles. The monoisotopic (exact) mass is 544 g/mol. The molecule has 5 aromatic rings. The Balaban J connectivity index is 1.67. The van der Waals surface area contributed by atoms with Gasteiger partial charge in [0.05, 0.1) is 51.9 Å². The summed E-state index contributed by atoms with van der Waals surface area (Å²) in [6.07, 6.45) is 0.459. The number of rotatable bonds is 10. The lowest BCUT2D eigenvalue weighted by atomic mass is 9.98. The minimum absolute atomic E-state index is 0.241. The van der Waals surface area contributed by atoms with Gasteiger partial charge < -0.3 is 18.9 Å². The average molecular weight is 545 g/mol. The number of carbonyl (C=O) groups excluding carboxylic acids is 1. The van der Waals surface area contributed by atoms with Gasteiger partial charge in [-0.05, 0) is 42.3 Å². The van der Waals surface area contributed by atoms with E-state index in [9.17, 15) is 4.79 Å². The Morgan fingerprint density at radius 3 is 2.26 bits per heavy atom. The van der Waals surface area contributed by atoms with Crippen molar-refractivity contribution in [1.29, 1.82) is 0 Å². The Labute approximate surface area is 230 Å². The first kappa shape index (κ1) is 26.2. The van der Waals surface area contributed by atoms with Crippen molar-refractivity contribution in [2.24, 2.45) is 0 Å². The number of methoxy groups -OCH3 is 3. The van der Waals surface area contributed by atoms with Gasteiger partial charge in [0.1, 0.15) is 11.0 Å². The van der Waals surface area contributed by atoms with Crippen LogP contribution in [0.25, 0.3) is 22.3 Å². The molecule has 0 amide bonds. The van der Waals surface area contributed by atoms with Gasteiger partial charge in [0.2, 0.25) is 5.75 Å². The Morgan fingerprint density at radius 2 is 1.59 bits per heavy atom. The summed E-state index contributed by atoms with van der Waals surface area (Å²) in [6.45, 7) is 2.31. The summed E-state index contributed by atoms with van der Waals surface area (Å²) in [4.78, 5) is 13.5. The highest BCUT2D eigenvalue weighted by molar-refractivity contribution is 7.00. The van der Waals surface area contributed by atoms with Gasteiger partial charge in [-0.15, -0.1) is 0 Å². The van der Waals surface area contributed by atoms with E-state index in [4.69, 9.17) is 24.0 Å². The summed E-state index contributed by atoms with van der Waals surface area (Å²) in [6, 6.07) is 19.5. The summed E-state index contributed by atoms with van der Waals surface area (Å²) in [7, 11) is 4.70. The van der Waals surface area contributed by atoms with E-state index in [0.29, 0.717) is 35.1 Å². The molecule has 0 N–H and O–H groups in total. The lowest BCUT2D eigenvalue weighted by Gasteiger charge is -2.15. The van der Waals surface area contributed by atoms with E-state index < -0.39 is 5.97 Å². The molecule has 0 atom stereocenters. The Kier molecular flexibility index (Phi) is 7.74. The Bertz CT molecular complexity index is 1590. The molecule has 2 heterocycles. The normalized spacial score (nSPS) is 11.0. The number of hydrogen-bond acceptors (Lipinski definition) is 9. The van der Waals surface area contributed by atoms with Gasteiger partial charge in [-0.25, -0.2) is 4.79 Å². The second kappa shape index (κ2) is 11.5. The largest absolute Gasteiger partial charge is 0.493 e. The molecule has 0 bridgehead atoms. The lowest BCUT2D eigenvalue weighted by molar-refractivity contribution is 0.0511. The van der Waals surface area contributed by atoms with Crippen LogP contribution in [-0.4, -0.2) is 52.4 Å². The third-order valence-electron chi connectivity index (χ3n) is 6.32. The molecule has 0 fully saturated rings. The smallest absolute Gasteiger partial charge is 0.356 e. The zero-order valence-corrected chi connectivity index (χ0v) is 22.9. The molecule has 0 spiro atoms. The molecule has 3 aromatic carbocycles. The zero-order valence-electron chi connectivity index (χ0n) is 22.1. The summed E-state index contributed by atoms with van der Waals surface area (Å²) in [5.74, 6) is 1.09. The first-order valence-electron chi connectivity index (χ1n) is 12.4. The number of nitrogens with zero attached hydrogens (tertiary/aromatic N) is 4. The van der Waals surface area contributed by atoms with Crippen LogP contribution in [0.2, 0.25) is 0 Å². The fourth-order valence-corrected chi connectivity index (χ4v) is 5.10. The van der Waals surface area contributed by atoms with Crippen LogP contribution in [0.1, 0.15) is 34.1 Å². The van der Waals surface area contributed by atoms with Crippen LogP contribution in [0.3, 0.4) is 0 Å². The highest BCUT2D eigenvalue weighted by Gasteiger charge is 2.26. The standard InChI is InChI=1S/C29H28N4O5S/c1-5-38-29(34)27-21(13-18-11-12-22-23(14-18)32-39-31-22)26(20-9-7-6-8-10-20)30-33(27)17-19-15-24(35-2)28(37-4)25(16-19)36-3/h6-12,14-16H,5,13,17H2,1-4H3. The van der Waals surface area contributed by atoms with Crippen molar-refractivity contribution >= 4 is 28.7 Å². The van der Waals surface area contributed by atoms with E-state index in [-0.39, 0.29) is 13.2 Å². The van der Waals surface area contributed by atoms with Crippen molar-refractivity contribution in [3.05, 3.63) is 83.0 Å². The van der Waals surface area contributed by atoms with Crippen molar-refractivity contribution in [3.63, 3.8) is 0 Å². The fourth-order valence-electron chi connectivity index (χ4n) is 4.58. The van der Waals surface area contributed by atoms with Gasteiger partial charge in [0, 0.05) is 17.5 Å². The van der Waals surface area contributed by atoms with Crippen LogP contribution in [0.15, 0.2) is 60.7 Å². The van der Waals surface area contributed by atoms with Gasteiger partial charge in [0.15, 0.2) is 17.2 Å². The fraction of sp³-hybridized carbons (Fsp3) is 0.241. The zero-order chi connectivity index (χ0) is 27.4. The average Bonchev–Trinajstić information content (AvgIpc) is 3.57. The number of benzene rings is 3. The minimum atomic E-state index is -0.439. The maximum Gasteiger partial charge on any atom is 0.356 e. The molecule has 5 rings (SSSR count). The number of fused-ring (bicyclic) bond motifs is 1. The first-order chi connectivity index (χ1) is 19.1. The number of hydrogen-bond donors (Lipinski definition) is 0. The Morgan fingerprint density at radius 1 is 0.872 bits per heavy atom. The van der Waals surface area contributed by atoms with Crippen molar-refractivity contribution in [2.45, 2.75) is 19.9 Å². The van der Waals surface area contributed by atoms with Gasteiger partial charge in [-0.3, -0.25) is 4.68 Å². The van der Waals surface area contributed by atoms with Crippen molar-refractivity contribution < 1.29 is 23.7 Å². The molecular formula is C29H28N4O5S. The van der Waals surface area contributed by atoms with Gasteiger partial charge in [0.25, 0.3) is 0 Å². The molecule has 9 nitrogen and oxygen atoms in total. The quantitative estimate of drug-likeness (QED) is 0.216. The molecule has 0 unspecified atom stereocenters. The van der Waals surface area contributed by atoms with Gasteiger partial charge >= 0.3 is 5.97 Å². The summed E-state index contributed by atoms with van der Waals surface area (Å²) in [5, 5.41) is 4.96. The molecule has 2 aromatic heterocycles. The van der Waals surface area contributed by atoms with Crippen LogP contribution in [0.4, 0.5) is 0 Å².